The summed E-state index contributed by atoms with van der Waals surface area (Å²) in [5.41, 5.74) is 9.04. The number of hydrazone groups is 1. The van der Waals surface area contributed by atoms with E-state index in [4.69, 9.17) is 16.7 Å². The zero-order valence-corrected chi connectivity index (χ0v) is 15.2. The van der Waals surface area contributed by atoms with Gasteiger partial charge in [0.25, 0.3) is 0 Å². The monoisotopic (exact) mass is 361 g/mol. The van der Waals surface area contributed by atoms with Gasteiger partial charge in [0.15, 0.2) is 0 Å². The predicted molar refractivity (Wildman–Crippen MR) is 109 cm³/mol. The van der Waals surface area contributed by atoms with E-state index in [1.165, 1.54) is 11.1 Å². The summed E-state index contributed by atoms with van der Waals surface area (Å²) in [6.07, 6.45) is 0. The highest BCUT2D eigenvalue weighted by atomic mass is 35.5. The third-order valence-electron chi connectivity index (χ3n) is 4.82. The maximum atomic E-state index is 6.08. The van der Waals surface area contributed by atoms with Crippen LogP contribution >= 0.6 is 11.6 Å². The normalized spacial score (nSPS) is 18.9. The van der Waals surface area contributed by atoms with Crippen LogP contribution in [0.15, 0.2) is 84.0 Å². The minimum absolute atomic E-state index is 0.0528. The molecule has 26 heavy (non-hydrogen) atoms. The van der Waals surface area contributed by atoms with Crippen LogP contribution in [0, 0.1) is 0 Å². The fraction of sp³-hybridized carbons (Fsp3) is 0.136. The number of nitrogens with one attached hydrogen (secondary N) is 2. The number of halogens is 1. The fourth-order valence-electron chi connectivity index (χ4n) is 3.55. The minimum atomic E-state index is 0.0528. The highest BCUT2D eigenvalue weighted by Crippen LogP contribution is 2.41. The minimum Gasteiger partial charge on any atom is -0.388 e. The van der Waals surface area contributed by atoms with E-state index in [-0.39, 0.29) is 12.0 Å². The lowest BCUT2D eigenvalue weighted by Crippen LogP contribution is -2.21. The first-order chi connectivity index (χ1) is 12.8. The summed E-state index contributed by atoms with van der Waals surface area (Å²) in [5.74, 6) is 0.0993. The molecule has 3 aromatic carbocycles. The summed E-state index contributed by atoms with van der Waals surface area (Å²) < 4.78 is 0. The van der Waals surface area contributed by atoms with E-state index in [0.717, 1.165) is 22.0 Å². The molecule has 2 atom stereocenters. The third-order valence-corrected chi connectivity index (χ3v) is 5.07. The van der Waals surface area contributed by atoms with Crippen molar-refractivity contribution in [2.45, 2.75) is 12.0 Å². The maximum Gasteiger partial charge on any atom is 0.0815 e. The first-order valence-electron chi connectivity index (χ1n) is 8.68. The van der Waals surface area contributed by atoms with Crippen LogP contribution in [-0.4, -0.2) is 12.8 Å². The van der Waals surface area contributed by atoms with Gasteiger partial charge in [-0.3, -0.25) is 0 Å². The van der Waals surface area contributed by atoms with E-state index in [1.54, 1.807) is 0 Å². The van der Waals surface area contributed by atoms with E-state index in [2.05, 4.69) is 65.3 Å². The first kappa shape index (κ1) is 16.7. The van der Waals surface area contributed by atoms with Crippen LogP contribution in [0.3, 0.4) is 0 Å². The molecule has 130 valence electrons. The van der Waals surface area contributed by atoms with Gasteiger partial charge < -0.3 is 10.7 Å². The van der Waals surface area contributed by atoms with Gasteiger partial charge in [-0.1, -0.05) is 72.3 Å². The van der Waals surface area contributed by atoms with Gasteiger partial charge >= 0.3 is 0 Å². The van der Waals surface area contributed by atoms with Crippen LogP contribution in [0.1, 0.15) is 28.7 Å². The molecule has 1 heterocycles. The van der Waals surface area contributed by atoms with Gasteiger partial charge in [-0.15, -0.1) is 0 Å². The third kappa shape index (κ3) is 3.06. The van der Waals surface area contributed by atoms with Crippen molar-refractivity contribution in [2.24, 2.45) is 5.10 Å². The Kier molecular flexibility index (Phi) is 4.63. The standard InChI is InChI=1S/C22H20ClN3/c1-24-19-10-6-5-9-18(19)20-21(15-7-3-2-4-8-15)25-26-22(20)16-11-13-17(23)14-12-16/h2-14,20,22,24,26H,1H3. The van der Waals surface area contributed by atoms with E-state index in [0.29, 0.717) is 0 Å². The number of para-hydroxylation sites is 1. The quantitative estimate of drug-likeness (QED) is 0.668. The van der Waals surface area contributed by atoms with Gasteiger partial charge in [-0.2, -0.15) is 5.10 Å². The molecule has 4 heteroatoms. The molecule has 2 unspecified atom stereocenters. The molecule has 0 saturated carbocycles. The van der Waals surface area contributed by atoms with Gasteiger partial charge in [0, 0.05) is 17.8 Å². The van der Waals surface area contributed by atoms with Crippen LogP contribution in [-0.2, 0) is 0 Å². The zero-order chi connectivity index (χ0) is 17.9. The van der Waals surface area contributed by atoms with Gasteiger partial charge in [0.05, 0.1) is 17.7 Å². The van der Waals surface area contributed by atoms with Crippen LogP contribution in [0.5, 0.6) is 0 Å². The number of hydrogen-bond acceptors (Lipinski definition) is 3. The second kappa shape index (κ2) is 7.22. The molecule has 1 aliphatic rings. The second-order valence-electron chi connectivity index (χ2n) is 6.34. The van der Waals surface area contributed by atoms with E-state index in [9.17, 15) is 0 Å². The van der Waals surface area contributed by atoms with Crippen molar-refractivity contribution in [1.29, 1.82) is 0 Å². The Balaban J connectivity index is 1.82. The van der Waals surface area contributed by atoms with Gasteiger partial charge in [-0.05, 0) is 34.9 Å². The topological polar surface area (TPSA) is 36.4 Å². The molecule has 3 nitrogen and oxygen atoms in total. The lowest BCUT2D eigenvalue weighted by Gasteiger charge is -2.24. The molecule has 0 bridgehead atoms. The van der Waals surface area contributed by atoms with Gasteiger partial charge in [0.1, 0.15) is 0 Å². The Morgan fingerprint density at radius 1 is 0.885 bits per heavy atom. The lowest BCUT2D eigenvalue weighted by molar-refractivity contribution is 0.574. The van der Waals surface area contributed by atoms with Crippen molar-refractivity contribution >= 4 is 23.0 Å². The van der Waals surface area contributed by atoms with E-state index >= 15 is 0 Å². The molecule has 2 N–H and O–H groups in total. The SMILES string of the molecule is CNc1ccccc1C1C(c2ccccc2)=NNC1c1ccc(Cl)cc1. The van der Waals surface area contributed by atoms with Crippen molar-refractivity contribution in [2.75, 3.05) is 12.4 Å². The Morgan fingerprint density at radius 2 is 1.58 bits per heavy atom. The van der Waals surface area contributed by atoms with Crippen LogP contribution in [0.4, 0.5) is 5.69 Å². The molecule has 1 aliphatic heterocycles. The molecular formula is C22H20ClN3. The molecule has 3 aromatic rings. The smallest absolute Gasteiger partial charge is 0.0815 e. The summed E-state index contributed by atoms with van der Waals surface area (Å²) >= 11 is 6.08. The fourth-order valence-corrected chi connectivity index (χ4v) is 3.68. The molecule has 0 fully saturated rings. The summed E-state index contributed by atoms with van der Waals surface area (Å²) in [6.45, 7) is 0. The Bertz CT molecular complexity index is 920. The maximum absolute atomic E-state index is 6.08. The predicted octanol–water partition coefficient (Wildman–Crippen LogP) is 5.21. The van der Waals surface area contributed by atoms with Gasteiger partial charge in [0.2, 0.25) is 0 Å². The molecule has 0 aromatic heterocycles. The number of nitrogens with zero attached hydrogens (tertiary/aromatic N) is 1. The number of rotatable bonds is 4. The van der Waals surface area contributed by atoms with E-state index in [1.807, 2.05) is 31.3 Å². The van der Waals surface area contributed by atoms with Crippen molar-refractivity contribution in [3.63, 3.8) is 0 Å². The zero-order valence-electron chi connectivity index (χ0n) is 14.5. The number of anilines is 1. The molecular weight excluding hydrogens is 342 g/mol. The number of hydrogen-bond donors (Lipinski definition) is 2. The highest BCUT2D eigenvalue weighted by molar-refractivity contribution is 6.30. The van der Waals surface area contributed by atoms with Crippen molar-refractivity contribution in [3.05, 3.63) is 101 Å². The molecule has 0 amide bonds. The van der Waals surface area contributed by atoms with Gasteiger partial charge in [-0.25, -0.2) is 0 Å². The van der Waals surface area contributed by atoms with Crippen LogP contribution < -0.4 is 10.7 Å². The average molecular weight is 362 g/mol. The highest BCUT2D eigenvalue weighted by Gasteiger charge is 2.36. The Morgan fingerprint density at radius 3 is 2.31 bits per heavy atom. The summed E-state index contributed by atoms with van der Waals surface area (Å²) in [5, 5.41) is 8.79. The number of benzene rings is 3. The van der Waals surface area contributed by atoms with E-state index < -0.39 is 0 Å². The van der Waals surface area contributed by atoms with Crippen molar-refractivity contribution < 1.29 is 0 Å². The second-order valence-corrected chi connectivity index (χ2v) is 6.77. The Labute approximate surface area is 158 Å². The van der Waals surface area contributed by atoms with Crippen LogP contribution in [0.25, 0.3) is 0 Å². The van der Waals surface area contributed by atoms with Crippen LogP contribution in [0.2, 0.25) is 5.02 Å². The summed E-state index contributed by atoms with van der Waals surface area (Å²) in [4.78, 5) is 0. The Hall–Kier alpha value is -2.78. The van der Waals surface area contributed by atoms with Crippen molar-refractivity contribution in [3.8, 4) is 0 Å². The molecule has 0 spiro atoms. The molecule has 0 saturated heterocycles. The average Bonchev–Trinajstić information content (AvgIpc) is 3.14. The lowest BCUT2D eigenvalue weighted by atomic mass is 9.81. The summed E-state index contributed by atoms with van der Waals surface area (Å²) in [7, 11) is 1.96. The first-order valence-corrected chi connectivity index (χ1v) is 9.06. The molecule has 4 rings (SSSR count). The largest absolute Gasteiger partial charge is 0.388 e. The summed E-state index contributed by atoms with van der Waals surface area (Å²) in [6, 6.07) is 26.8. The van der Waals surface area contributed by atoms with Crippen molar-refractivity contribution in [1.82, 2.24) is 5.43 Å². The molecule has 0 radical (unpaired) electrons. The molecule has 0 aliphatic carbocycles.